The molecule has 0 bridgehead atoms. The third-order valence-corrected chi connectivity index (χ3v) is 3.19. The molecule has 0 N–H and O–H groups in total. The molecule has 1 aliphatic rings. The maximum atomic E-state index is 2.23. The predicted octanol–water partition coefficient (Wildman–Crippen LogP) is 4.54. The summed E-state index contributed by atoms with van der Waals surface area (Å²) >= 11 is 0. The first-order chi connectivity index (χ1) is 7.85. The van der Waals surface area contributed by atoms with Crippen molar-refractivity contribution < 1.29 is 0 Å². The Bertz CT molecular complexity index is 459. The lowest BCUT2D eigenvalue weighted by molar-refractivity contribution is 0.945. The molecule has 0 unspecified atom stereocenters. The summed E-state index contributed by atoms with van der Waals surface area (Å²) < 4.78 is 0. The van der Waals surface area contributed by atoms with Crippen LogP contribution in [0.2, 0.25) is 0 Å². The quantitative estimate of drug-likeness (QED) is 0.589. The second kappa shape index (κ2) is 4.98. The maximum absolute atomic E-state index is 2.23. The topological polar surface area (TPSA) is 0 Å². The second-order valence-electron chi connectivity index (χ2n) is 4.09. The van der Waals surface area contributed by atoms with Gasteiger partial charge in [-0.15, -0.1) is 0 Å². The molecule has 16 heavy (non-hydrogen) atoms. The minimum atomic E-state index is 1.14. The van der Waals surface area contributed by atoms with E-state index in [2.05, 4.69) is 62.4 Å². The van der Waals surface area contributed by atoms with Crippen molar-refractivity contribution >= 4 is 6.08 Å². The van der Waals surface area contributed by atoms with E-state index in [9.17, 15) is 0 Å². The van der Waals surface area contributed by atoms with Crippen LogP contribution < -0.4 is 0 Å². The van der Waals surface area contributed by atoms with Crippen LogP contribution in [0.5, 0.6) is 0 Å². The monoisotopic (exact) mass is 210 g/mol. The summed E-state index contributed by atoms with van der Waals surface area (Å²) in [7, 11) is 0. The predicted molar refractivity (Wildman–Crippen MR) is 71.3 cm³/mol. The summed E-state index contributed by atoms with van der Waals surface area (Å²) in [6.07, 6.45) is 11.2. The highest BCUT2D eigenvalue weighted by molar-refractivity contribution is 5.60. The van der Waals surface area contributed by atoms with Gasteiger partial charge in [0.1, 0.15) is 0 Å². The smallest absolute Gasteiger partial charge is 0.0224 e. The number of fused-ring (bicyclic) bond motifs is 1. The summed E-state index contributed by atoms with van der Waals surface area (Å²) in [4.78, 5) is 0. The van der Waals surface area contributed by atoms with E-state index in [-0.39, 0.29) is 0 Å². The lowest BCUT2D eigenvalue weighted by Crippen LogP contribution is -1.97. The molecule has 2 rings (SSSR count). The van der Waals surface area contributed by atoms with Gasteiger partial charge in [-0.25, -0.2) is 0 Å². The highest BCUT2D eigenvalue weighted by Crippen LogP contribution is 2.24. The zero-order valence-electron chi connectivity index (χ0n) is 10.0. The van der Waals surface area contributed by atoms with Gasteiger partial charge in [0.05, 0.1) is 0 Å². The van der Waals surface area contributed by atoms with Gasteiger partial charge in [0.25, 0.3) is 0 Å². The Kier molecular flexibility index (Phi) is 3.40. The summed E-state index contributed by atoms with van der Waals surface area (Å²) in [5.74, 6) is 0. The fourth-order valence-electron chi connectivity index (χ4n) is 2.22. The van der Waals surface area contributed by atoms with E-state index in [0.717, 1.165) is 12.8 Å². The molecule has 0 aliphatic heterocycles. The fraction of sp³-hybridized carbons (Fsp3) is 0.250. The second-order valence-corrected chi connectivity index (χ2v) is 4.09. The molecule has 0 fully saturated rings. The van der Waals surface area contributed by atoms with Crippen LogP contribution in [0.4, 0.5) is 0 Å². The molecule has 82 valence electrons. The Morgan fingerprint density at radius 2 is 1.75 bits per heavy atom. The highest BCUT2D eigenvalue weighted by Gasteiger charge is 2.07. The molecule has 0 saturated carbocycles. The molecular formula is C16H18. The standard InChI is InChI=1S/C16H18/c1-3-13-9-11-15-7-5-6-8-16(15)12-10-14(13)4-2/h3-9,11H,10,12H2,1-2H3/b11-9+,13-3-,14-4-. The minimum Gasteiger partial charge on any atom is -0.0838 e. The van der Waals surface area contributed by atoms with Crippen molar-refractivity contribution in [2.75, 3.05) is 0 Å². The van der Waals surface area contributed by atoms with E-state index < -0.39 is 0 Å². The van der Waals surface area contributed by atoms with Crippen molar-refractivity contribution in [3.8, 4) is 0 Å². The molecule has 0 aromatic heterocycles. The molecular weight excluding hydrogens is 192 g/mol. The Morgan fingerprint density at radius 3 is 2.50 bits per heavy atom. The SMILES string of the molecule is C/C=C1/C=C/c2ccccc2CC/C1=C/C. The van der Waals surface area contributed by atoms with Crippen molar-refractivity contribution in [1.82, 2.24) is 0 Å². The molecule has 0 radical (unpaired) electrons. The largest absolute Gasteiger partial charge is 0.0838 e. The zero-order valence-corrected chi connectivity index (χ0v) is 10.0. The molecule has 1 aromatic rings. The van der Waals surface area contributed by atoms with E-state index in [1.807, 2.05) is 0 Å². The molecule has 0 saturated heterocycles. The number of allylic oxidation sites excluding steroid dienone is 5. The van der Waals surface area contributed by atoms with Crippen LogP contribution in [0, 0.1) is 0 Å². The minimum absolute atomic E-state index is 1.14. The number of benzene rings is 1. The summed E-state index contributed by atoms with van der Waals surface area (Å²) in [6, 6.07) is 8.66. The molecule has 0 amide bonds. The number of hydrogen-bond donors (Lipinski definition) is 0. The first kappa shape index (κ1) is 10.9. The molecule has 0 heterocycles. The van der Waals surface area contributed by atoms with Crippen LogP contribution in [0.1, 0.15) is 31.4 Å². The summed E-state index contributed by atoms with van der Waals surface area (Å²) in [6.45, 7) is 4.23. The van der Waals surface area contributed by atoms with E-state index in [4.69, 9.17) is 0 Å². The molecule has 0 heteroatoms. The van der Waals surface area contributed by atoms with Crippen LogP contribution in [-0.4, -0.2) is 0 Å². The van der Waals surface area contributed by atoms with Crippen LogP contribution in [0.15, 0.2) is 53.6 Å². The van der Waals surface area contributed by atoms with Gasteiger partial charge in [-0.1, -0.05) is 48.6 Å². The van der Waals surface area contributed by atoms with Gasteiger partial charge >= 0.3 is 0 Å². The normalized spacial score (nSPS) is 22.6. The number of rotatable bonds is 0. The van der Waals surface area contributed by atoms with Crippen LogP contribution in [0.3, 0.4) is 0 Å². The maximum Gasteiger partial charge on any atom is -0.0224 e. The van der Waals surface area contributed by atoms with Gasteiger partial charge in [-0.2, -0.15) is 0 Å². The van der Waals surface area contributed by atoms with Crippen molar-refractivity contribution in [2.45, 2.75) is 26.7 Å². The molecule has 0 spiro atoms. The lowest BCUT2D eigenvalue weighted by Gasteiger charge is -2.14. The van der Waals surface area contributed by atoms with E-state index in [1.165, 1.54) is 22.3 Å². The van der Waals surface area contributed by atoms with Crippen LogP contribution in [-0.2, 0) is 6.42 Å². The average Bonchev–Trinajstić information content (AvgIpc) is 2.31. The first-order valence-corrected chi connectivity index (χ1v) is 5.93. The van der Waals surface area contributed by atoms with Gasteiger partial charge in [-0.05, 0) is 49.0 Å². The summed E-state index contributed by atoms with van der Waals surface area (Å²) in [5.41, 5.74) is 5.62. The van der Waals surface area contributed by atoms with Gasteiger partial charge in [-0.3, -0.25) is 0 Å². The van der Waals surface area contributed by atoms with Crippen molar-refractivity contribution in [2.24, 2.45) is 0 Å². The van der Waals surface area contributed by atoms with Crippen LogP contribution in [0.25, 0.3) is 6.08 Å². The Balaban J connectivity index is 2.44. The number of hydrogen-bond acceptors (Lipinski definition) is 0. The van der Waals surface area contributed by atoms with E-state index in [1.54, 1.807) is 0 Å². The van der Waals surface area contributed by atoms with E-state index in [0.29, 0.717) is 0 Å². The summed E-state index contributed by atoms with van der Waals surface area (Å²) in [5, 5.41) is 0. The molecule has 0 atom stereocenters. The van der Waals surface area contributed by atoms with Crippen molar-refractivity contribution in [3.63, 3.8) is 0 Å². The van der Waals surface area contributed by atoms with Crippen LogP contribution >= 0.6 is 0 Å². The molecule has 0 nitrogen and oxygen atoms in total. The Morgan fingerprint density at radius 1 is 0.938 bits per heavy atom. The highest BCUT2D eigenvalue weighted by atomic mass is 14.1. The van der Waals surface area contributed by atoms with Crippen molar-refractivity contribution in [3.05, 3.63) is 64.8 Å². The Hall–Kier alpha value is -1.56. The van der Waals surface area contributed by atoms with E-state index >= 15 is 0 Å². The van der Waals surface area contributed by atoms with Gasteiger partial charge < -0.3 is 0 Å². The third-order valence-electron chi connectivity index (χ3n) is 3.19. The average molecular weight is 210 g/mol. The zero-order chi connectivity index (χ0) is 11.4. The molecule has 1 aromatic carbocycles. The van der Waals surface area contributed by atoms with Gasteiger partial charge in [0.15, 0.2) is 0 Å². The fourth-order valence-corrected chi connectivity index (χ4v) is 2.22. The Labute approximate surface area is 98.0 Å². The lowest BCUT2D eigenvalue weighted by atomic mass is 9.92. The molecule has 1 aliphatic carbocycles. The third kappa shape index (κ3) is 2.16. The van der Waals surface area contributed by atoms with Gasteiger partial charge in [0.2, 0.25) is 0 Å². The van der Waals surface area contributed by atoms with Crippen molar-refractivity contribution in [1.29, 1.82) is 0 Å². The van der Waals surface area contributed by atoms with Gasteiger partial charge in [0, 0.05) is 0 Å². The number of aryl methyl sites for hydroxylation is 1. The first-order valence-electron chi connectivity index (χ1n) is 5.93.